The van der Waals surface area contributed by atoms with E-state index in [1.54, 1.807) is 7.11 Å². The molecule has 5 nitrogen and oxygen atoms in total. The lowest BCUT2D eigenvalue weighted by Crippen LogP contribution is -2.36. The molecule has 3 rings (SSSR count). The van der Waals surface area contributed by atoms with E-state index in [0.717, 1.165) is 11.3 Å². The smallest absolute Gasteiger partial charge is 0.248 e. The van der Waals surface area contributed by atoms with E-state index in [-0.39, 0.29) is 23.8 Å². The van der Waals surface area contributed by atoms with Crippen molar-refractivity contribution in [2.75, 3.05) is 13.7 Å². The number of carbonyl (C=O) groups is 2. The van der Waals surface area contributed by atoms with Gasteiger partial charge in [0.15, 0.2) is 0 Å². The maximum absolute atomic E-state index is 12.1. The van der Waals surface area contributed by atoms with Crippen molar-refractivity contribution in [2.45, 2.75) is 19.4 Å². The van der Waals surface area contributed by atoms with E-state index in [9.17, 15) is 9.59 Å². The summed E-state index contributed by atoms with van der Waals surface area (Å²) in [5.74, 6) is 0.406. The minimum absolute atomic E-state index is 0.0511. The number of amides is 2. The van der Waals surface area contributed by atoms with E-state index in [1.165, 1.54) is 5.01 Å². The molecular formula is C14H16N2O3. The number of methoxy groups -OCH3 is 1. The van der Waals surface area contributed by atoms with Gasteiger partial charge in [0.25, 0.3) is 0 Å². The highest BCUT2D eigenvalue weighted by atomic mass is 16.5. The number of carbonyl (C=O) groups excluding carboxylic acids is 2. The second kappa shape index (κ2) is 4.35. The van der Waals surface area contributed by atoms with Crippen molar-refractivity contribution in [2.24, 2.45) is 5.92 Å². The zero-order chi connectivity index (χ0) is 13.6. The van der Waals surface area contributed by atoms with Crippen molar-refractivity contribution in [1.29, 1.82) is 0 Å². The second-order valence-corrected chi connectivity index (χ2v) is 4.96. The summed E-state index contributed by atoms with van der Waals surface area (Å²) in [4.78, 5) is 23.9. The van der Waals surface area contributed by atoms with Crippen molar-refractivity contribution >= 4 is 11.8 Å². The van der Waals surface area contributed by atoms with Gasteiger partial charge < -0.3 is 4.74 Å². The fourth-order valence-electron chi connectivity index (χ4n) is 2.92. The Kier molecular flexibility index (Phi) is 2.78. The minimum atomic E-state index is -0.197. The molecule has 0 saturated carbocycles. The third kappa shape index (κ3) is 1.73. The first-order valence-corrected chi connectivity index (χ1v) is 6.41. The van der Waals surface area contributed by atoms with Crippen molar-refractivity contribution in [1.82, 2.24) is 10.0 Å². The first-order valence-electron chi connectivity index (χ1n) is 6.41. The molecule has 0 aromatic heterocycles. The molecule has 1 aromatic carbocycles. The number of imide groups is 1. The molecule has 0 unspecified atom stereocenters. The molecule has 1 aromatic rings. The van der Waals surface area contributed by atoms with Crippen LogP contribution in [0, 0.1) is 5.92 Å². The highest BCUT2D eigenvalue weighted by Crippen LogP contribution is 2.40. The Balaban J connectivity index is 1.95. The Morgan fingerprint density at radius 3 is 2.53 bits per heavy atom. The van der Waals surface area contributed by atoms with Crippen LogP contribution in [0.15, 0.2) is 24.3 Å². The number of hydrogen-bond donors (Lipinski definition) is 0. The van der Waals surface area contributed by atoms with Crippen molar-refractivity contribution in [3.05, 3.63) is 29.8 Å². The third-order valence-electron chi connectivity index (χ3n) is 3.90. The number of hydrogen-bond acceptors (Lipinski definition) is 4. The van der Waals surface area contributed by atoms with Gasteiger partial charge in [-0.1, -0.05) is 19.1 Å². The van der Waals surface area contributed by atoms with Gasteiger partial charge in [-0.2, -0.15) is 0 Å². The number of nitrogens with zero attached hydrogens (tertiary/aromatic N) is 2. The first kappa shape index (κ1) is 12.2. The highest BCUT2D eigenvalue weighted by molar-refractivity contribution is 5.99. The quantitative estimate of drug-likeness (QED) is 0.753. The number of rotatable bonds is 2. The number of benzene rings is 1. The number of hydrazine groups is 1. The molecule has 5 heteroatoms. The summed E-state index contributed by atoms with van der Waals surface area (Å²) < 4.78 is 5.14. The summed E-state index contributed by atoms with van der Waals surface area (Å²) in [6.07, 6.45) is 0.422. The summed E-state index contributed by atoms with van der Waals surface area (Å²) in [5, 5.41) is 3.21. The Hall–Kier alpha value is -1.88. The van der Waals surface area contributed by atoms with Crippen LogP contribution in [-0.2, 0) is 9.59 Å². The zero-order valence-corrected chi connectivity index (χ0v) is 11.0. The van der Waals surface area contributed by atoms with Crippen LogP contribution in [0.1, 0.15) is 24.9 Å². The summed E-state index contributed by atoms with van der Waals surface area (Å²) in [6.45, 7) is 2.49. The normalized spacial score (nSPS) is 26.9. The molecule has 0 N–H and O–H groups in total. The van der Waals surface area contributed by atoms with E-state index < -0.39 is 0 Å². The average Bonchev–Trinajstić information content (AvgIpc) is 2.91. The lowest BCUT2D eigenvalue weighted by atomic mass is 9.95. The molecule has 2 aliphatic rings. The summed E-state index contributed by atoms with van der Waals surface area (Å²) in [5.41, 5.74) is 1.04. The maximum Gasteiger partial charge on any atom is 0.248 e. The van der Waals surface area contributed by atoms with Crippen LogP contribution in [-0.4, -0.2) is 35.5 Å². The molecule has 0 radical (unpaired) electrons. The summed E-state index contributed by atoms with van der Waals surface area (Å²) >= 11 is 0. The zero-order valence-electron chi connectivity index (χ0n) is 11.0. The predicted molar refractivity (Wildman–Crippen MR) is 68.1 cm³/mol. The predicted octanol–water partition coefficient (Wildman–Crippen LogP) is 1.36. The van der Waals surface area contributed by atoms with Crippen molar-refractivity contribution in [3.63, 3.8) is 0 Å². The molecule has 2 atom stereocenters. The largest absolute Gasteiger partial charge is 0.497 e. The lowest BCUT2D eigenvalue weighted by molar-refractivity contribution is -0.149. The standard InChI is InChI=1S/C14H16N2O3/c1-9-13(10-3-5-11(19-2)6-4-10)15-8-7-12(17)16(15)14(9)18/h3-6,9,13H,7-8H2,1-2H3/t9-,13+/m1/s1. The molecule has 19 heavy (non-hydrogen) atoms. The monoisotopic (exact) mass is 260 g/mol. The molecule has 2 saturated heterocycles. The van der Waals surface area contributed by atoms with Crippen LogP contribution in [0.5, 0.6) is 5.75 Å². The van der Waals surface area contributed by atoms with Crippen molar-refractivity contribution in [3.8, 4) is 5.75 Å². The highest BCUT2D eigenvalue weighted by Gasteiger charge is 2.50. The molecule has 100 valence electrons. The number of ether oxygens (including phenoxy) is 1. The van der Waals surface area contributed by atoms with Crippen LogP contribution in [0.3, 0.4) is 0 Å². The minimum Gasteiger partial charge on any atom is -0.497 e. The van der Waals surface area contributed by atoms with Gasteiger partial charge in [0.2, 0.25) is 11.8 Å². The molecular weight excluding hydrogens is 244 g/mol. The average molecular weight is 260 g/mol. The van der Waals surface area contributed by atoms with Crippen LogP contribution in [0.4, 0.5) is 0 Å². The van der Waals surface area contributed by atoms with Gasteiger partial charge in [-0.25, -0.2) is 10.0 Å². The third-order valence-corrected chi connectivity index (χ3v) is 3.90. The van der Waals surface area contributed by atoms with Crippen LogP contribution < -0.4 is 4.74 Å². The number of fused-ring (bicyclic) bond motifs is 1. The van der Waals surface area contributed by atoms with Gasteiger partial charge in [-0.15, -0.1) is 0 Å². The fraction of sp³-hybridized carbons (Fsp3) is 0.429. The van der Waals surface area contributed by atoms with E-state index in [2.05, 4.69) is 0 Å². The van der Waals surface area contributed by atoms with Gasteiger partial charge in [0.1, 0.15) is 5.75 Å². The Morgan fingerprint density at radius 2 is 1.89 bits per heavy atom. The lowest BCUT2D eigenvalue weighted by Gasteiger charge is -2.24. The molecule has 2 heterocycles. The van der Waals surface area contributed by atoms with E-state index in [1.807, 2.05) is 36.2 Å². The molecule has 0 aliphatic carbocycles. The Bertz CT molecular complexity index is 526. The Morgan fingerprint density at radius 1 is 1.21 bits per heavy atom. The molecule has 0 spiro atoms. The van der Waals surface area contributed by atoms with Gasteiger partial charge >= 0.3 is 0 Å². The van der Waals surface area contributed by atoms with Crippen molar-refractivity contribution < 1.29 is 14.3 Å². The van der Waals surface area contributed by atoms with E-state index in [0.29, 0.717) is 13.0 Å². The van der Waals surface area contributed by atoms with Gasteiger partial charge in [0, 0.05) is 13.0 Å². The molecule has 2 amide bonds. The Labute approximate surface area is 111 Å². The summed E-state index contributed by atoms with van der Waals surface area (Å²) in [6, 6.07) is 7.63. The van der Waals surface area contributed by atoms with E-state index in [4.69, 9.17) is 4.74 Å². The SMILES string of the molecule is COc1ccc([C@@H]2[C@@H](C)C(=O)N3C(=O)CCN23)cc1. The molecule has 2 fully saturated rings. The topological polar surface area (TPSA) is 49.9 Å². The van der Waals surface area contributed by atoms with Crippen LogP contribution >= 0.6 is 0 Å². The van der Waals surface area contributed by atoms with E-state index >= 15 is 0 Å². The fourth-order valence-corrected chi connectivity index (χ4v) is 2.92. The molecule has 2 aliphatic heterocycles. The van der Waals surface area contributed by atoms with Gasteiger partial charge in [-0.3, -0.25) is 9.59 Å². The van der Waals surface area contributed by atoms with Crippen LogP contribution in [0.2, 0.25) is 0 Å². The second-order valence-electron chi connectivity index (χ2n) is 4.96. The van der Waals surface area contributed by atoms with Gasteiger partial charge in [0.05, 0.1) is 19.1 Å². The summed E-state index contributed by atoms with van der Waals surface area (Å²) in [7, 11) is 1.62. The molecule has 0 bridgehead atoms. The van der Waals surface area contributed by atoms with Gasteiger partial charge in [-0.05, 0) is 17.7 Å². The maximum atomic E-state index is 12.1. The van der Waals surface area contributed by atoms with Crippen LogP contribution in [0.25, 0.3) is 0 Å². The first-order chi connectivity index (χ1) is 9.13.